The molecular formula is C15H14FNO4. The van der Waals surface area contributed by atoms with Crippen molar-refractivity contribution in [2.45, 2.75) is 20.0 Å². The summed E-state index contributed by atoms with van der Waals surface area (Å²) in [5, 5.41) is 20.7. The first kappa shape index (κ1) is 14.9. The molecule has 0 spiro atoms. The van der Waals surface area contributed by atoms with E-state index in [0.29, 0.717) is 0 Å². The Morgan fingerprint density at radius 3 is 2.67 bits per heavy atom. The first-order chi connectivity index (χ1) is 9.90. The molecule has 0 unspecified atom stereocenters. The Labute approximate surface area is 120 Å². The van der Waals surface area contributed by atoms with E-state index in [2.05, 4.69) is 0 Å². The molecule has 0 aliphatic carbocycles. The normalized spacial score (nSPS) is 12.0. The molecule has 1 atom stereocenters. The molecule has 0 aliphatic rings. The van der Waals surface area contributed by atoms with Crippen LogP contribution in [0, 0.1) is 22.9 Å². The predicted molar refractivity (Wildman–Crippen MR) is 74.9 cm³/mol. The zero-order chi connectivity index (χ0) is 15.6. The Balaban J connectivity index is 2.53. The Morgan fingerprint density at radius 1 is 1.33 bits per heavy atom. The van der Waals surface area contributed by atoms with E-state index < -0.39 is 16.8 Å². The zero-order valence-corrected chi connectivity index (χ0v) is 11.5. The van der Waals surface area contributed by atoms with Crippen LogP contribution in [0.2, 0.25) is 0 Å². The van der Waals surface area contributed by atoms with Gasteiger partial charge in [0.05, 0.1) is 11.0 Å². The Bertz CT molecular complexity index is 685. The summed E-state index contributed by atoms with van der Waals surface area (Å²) in [6, 6.07) is 8.44. The van der Waals surface area contributed by atoms with Crippen molar-refractivity contribution in [3.8, 4) is 11.5 Å². The number of hydrogen-bond donors (Lipinski definition) is 1. The Morgan fingerprint density at radius 2 is 2.05 bits per heavy atom. The summed E-state index contributed by atoms with van der Waals surface area (Å²) in [5.41, 5.74) is 0.705. The van der Waals surface area contributed by atoms with Crippen LogP contribution in [0.25, 0.3) is 0 Å². The van der Waals surface area contributed by atoms with Crippen molar-refractivity contribution >= 4 is 5.69 Å². The lowest BCUT2D eigenvalue weighted by Gasteiger charge is -2.14. The van der Waals surface area contributed by atoms with Crippen molar-refractivity contribution in [2.75, 3.05) is 0 Å². The van der Waals surface area contributed by atoms with Crippen LogP contribution in [0.3, 0.4) is 0 Å². The summed E-state index contributed by atoms with van der Waals surface area (Å²) in [6.07, 6.45) is -0.959. The standard InChI is InChI=1S/C15H14FNO4/c1-9-6-7-13(17(19)20)14(8-9)21-15-11(10(2)18)4-3-5-12(15)16/h3-8,10,18H,1-2H3/t10-/m0/s1. The molecule has 21 heavy (non-hydrogen) atoms. The lowest BCUT2D eigenvalue weighted by atomic mass is 10.1. The highest BCUT2D eigenvalue weighted by molar-refractivity contribution is 5.51. The minimum atomic E-state index is -0.959. The molecule has 5 nitrogen and oxygen atoms in total. The van der Waals surface area contributed by atoms with E-state index in [1.54, 1.807) is 13.0 Å². The van der Waals surface area contributed by atoms with Crippen LogP contribution in [0.4, 0.5) is 10.1 Å². The fourth-order valence-electron chi connectivity index (χ4n) is 1.93. The third kappa shape index (κ3) is 3.17. The second-order valence-electron chi connectivity index (χ2n) is 4.66. The van der Waals surface area contributed by atoms with Crippen molar-refractivity contribution in [2.24, 2.45) is 0 Å². The maximum atomic E-state index is 13.9. The monoisotopic (exact) mass is 291 g/mol. The number of nitrogens with zero attached hydrogens (tertiary/aromatic N) is 1. The number of aryl methyl sites for hydroxylation is 1. The highest BCUT2D eigenvalue weighted by atomic mass is 19.1. The predicted octanol–water partition coefficient (Wildman–Crippen LogP) is 3.89. The maximum absolute atomic E-state index is 13.9. The van der Waals surface area contributed by atoms with E-state index in [0.717, 1.165) is 5.56 Å². The number of benzene rings is 2. The molecule has 2 rings (SSSR count). The first-order valence-corrected chi connectivity index (χ1v) is 6.29. The summed E-state index contributed by atoms with van der Waals surface area (Å²) in [6.45, 7) is 3.21. The molecule has 0 bridgehead atoms. The van der Waals surface area contributed by atoms with Gasteiger partial charge in [-0.1, -0.05) is 18.2 Å². The van der Waals surface area contributed by atoms with E-state index >= 15 is 0 Å². The van der Waals surface area contributed by atoms with Crippen LogP contribution in [0.5, 0.6) is 11.5 Å². The van der Waals surface area contributed by atoms with Crippen LogP contribution in [-0.4, -0.2) is 10.0 Å². The first-order valence-electron chi connectivity index (χ1n) is 6.29. The van der Waals surface area contributed by atoms with Gasteiger partial charge in [-0.2, -0.15) is 0 Å². The fraction of sp³-hybridized carbons (Fsp3) is 0.200. The lowest BCUT2D eigenvalue weighted by Crippen LogP contribution is -2.00. The molecule has 2 aromatic carbocycles. The van der Waals surface area contributed by atoms with E-state index in [1.807, 2.05) is 0 Å². The summed E-state index contributed by atoms with van der Waals surface area (Å²) in [4.78, 5) is 10.4. The van der Waals surface area contributed by atoms with Gasteiger partial charge in [-0.15, -0.1) is 0 Å². The number of ether oxygens (including phenoxy) is 1. The summed E-state index contributed by atoms with van der Waals surface area (Å²) in [5.74, 6) is -0.961. The van der Waals surface area contributed by atoms with Gasteiger partial charge in [0.25, 0.3) is 0 Å². The molecule has 0 amide bonds. The van der Waals surface area contributed by atoms with Crippen LogP contribution in [-0.2, 0) is 0 Å². The highest BCUT2D eigenvalue weighted by Gasteiger charge is 2.20. The fourth-order valence-corrected chi connectivity index (χ4v) is 1.93. The molecule has 110 valence electrons. The van der Waals surface area contributed by atoms with Crippen molar-refractivity contribution in [1.29, 1.82) is 0 Å². The molecular weight excluding hydrogens is 277 g/mol. The number of para-hydroxylation sites is 1. The number of aliphatic hydroxyl groups is 1. The van der Waals surface area contributed by atoms with Gasteiger partial charge in [0.15, 0.2) is 11.6 Å². The molecule has 6 heteroatoms. The van der Waals surface area contributed by atoms with Gasteiger partial charge in [0.1, 0.15) is 0 Å². The van der Waals surface area contributed by atoms with Gasteiger partial charge in [0, 0.05) is 11.6 Å². The van der Waals surface area contributed by atoms with Crippen molar-refractivity contribution in [3.05, 3.63) is 63.5 Å². The molecule has 2 aromatic rings. The maximum Gasteiger partial charge on any atom is 0.311 e. The van der Waals surface area contributed by atoms with Gasteiger partial charge in [-0.05, 0) is 31.5 Å². The number of rotatable bonds is 4. The quantitative estimate of drug-likeness (QED) is 0.685. The Kier molecular flexibility index (Phi) is 4.18. The minimum absolute atomic E-state index is 0.0630. The zero-order valence-electron chi connectivity index (χ0n) is 11.5. The number of hydrogen-bond acceptors (Lipinski definition) is 4. The third-order valence-electron chi connectivity index (χ3n) is 2.97. The van der Waals surface area contributed by atoms with Crippen LogP contribution >= 0.6 is 0 Å². The highest BCUT2D eigenvalue weighted by Crippen LogP contribution is 2.36. The van der Waals surface area contributed by atoms with Gasteiger partial charge in [-0.3, -0.25) is 10.1 Å². The third-order valence-corrected chi connectivity index (χ3v) is 2.97. The number of nitro groups is 1. The molecule has 1 N–H and O–H groups in total. The second kappa shape index (κ2) is 5.88. The van der Waals surface area contributed by atoms with Crippen LogP contribution in [0.15, 0.2) is 36.4 Å². The lowest BCUT2D eigenvalue weighted by molar-refractivity contribution is -0.385. The molecule has 0 fully saturated rings. The van der Waals surface area contributed by atoms with E-state index in [-0.39, 0.29) is 22.7 Å². The number of halogens is 1. The average molecular weight is 291 g/mol. The van der Waals surface area contributed by atoms with E-state index in [9.17, 15) is 19.6 Å². The molecule has 0 radical (unpaired) electrons. The summed E-state index contributed by atoms with van der Waals surface area (Å²) < 4.78 is 19.3. The van der Waals surface area contributed by atoms with Gasteiger partial charge >= 0.3 is 5.69 Å². The van der Waals surface area contributed by atoms with Crippen molar-refractivity contribution in [1.82, 2.24) is 0 Å². The topological polar surface area (TPSA) is 72.6 Å². The molecule has 0 saturated carbocycles. The van der Waals surface area contributed by atoms with E-state index in [4.69, 9.17) is 4.74 Å². The van der Waals surface area contributed by atoms with E-state index in [1.165, 1.54) is 37.3 Å². The van der Waals surface area contributed by atoms with Gasteiger partial charge in [0.2, 0.25) is 5.75 Å². The van der Waals surface area contributed by atoms with Gasteiger partial charge < -0.3 is 9.84 Å². The summed E-state index contributed by atoms with van der Waals surface area (Å²) in [7, 11) is 0. The number of aliphatic hydroxyl groups excluding tert-OH is 1. The second-order valence-corrected chi connectivity index (χ2v) is 4.66. The molecule has 0 saturated heterocycles. The smallest absolute Gasteiger partial charge is 0.311 e. The largest absolute Gasteiger partial charge is 0.447 e. The molecule has 0 aromatic heterocycles. The Hall–Kier alpha value is -2.47. The minimum Gasteiger partial charge on any atom is -0.447 e. The van der Waals surface area contributed by atoms with Crippen LogP contribution in [0.1, 0.15) is 24.2 Å². The van der Waals surface area contributed by atoms with Crippen LogP contribution < -0.4 is 4.74 Å². The number of nitro benzene ring substituents is 1. The average Bonchev–Trinajstić information content (AvgIpc) is 2.40. The van der Waals surface area contributed by atoms with Crippen molar-refractivity contribution in [3.63, 3.8) is 0 Å². The molecule has 0 heterocycles. The van der Waals surface area contributed by atoms with Gasteiger partial charge in [-0.25, -0.2) is 4.39 Å². The van der Waals surface area contributed by atoms with Crippen molar-refractivity contribution < 1.29 is 19.2 Å². The summed E-state index contributed by atoms with van der Waals surface area (Å²) >= 11 is 0. The molecule has 0 aliphatic heterocycles. The SMILES string of the molecule is Cc1ccc([N+](=O)[O-])c(Oc2c(F)cccc2[C@H](C)O)c1.